The molecule has 0 amide bonds. The van der Waals surface area contributed by atoms with Gasteiger partial charge in [0.15, 0.2) is 0 Å². The molecule has 0 saturated heterocycles. The van der Waals surface area contributed by atoms with Crippen LogP contribution in [0.15, 0.2) is 54.9 Å². The summed E-state index contributed by atoms with van der Waals surface area (Å²) in [6, 6.07) is 7.39. The van der Waals surface area contributed by atoms with Gasteiger partial charge in [0.1, 0.15) is 0 Å². The monoisotopic (exact) mass is 555 g/mol. The Morgan fingerprint density at radius 1 is 0.974 bits per heavy atom. The number of alkyl halides is 6. The van der Waals surface area contributed by atoms with Gasteiger partial charge in [-0.2, -0.15) is 26.3 Å². The second-order valence-electron chi connectivity index (χ2n) is 8.53. The molecule has 0 spiro atoms. The molecule has 0 aliphatic heterocycles. The van der Waals surface area contributed by atoms with Crippen molar-refractivity contribution in [1.82, 2.24) is 19.7 Å². The summed E-state index contributed by atoms with van der Waals surface area (Å²) in [7, 11) is 0. The highest BCUT2D eigenvalue weighted by molar-refractivity contribution is 5.67. The number of nitrogens with zero attached hydrogens (tertiary/aromatic N) is 5. The predicted molar refractivity (Wildman–Crippen MR) is 124 cm³/mol. The molecule has 1 N–H and O–H groups in total. The molecule has 0 bridgehead atoms. The SMILES string of the molecule is CC(C)OC(=O)OC(C)[n+]1cc(-c2ncccc2C(F)(F)F)cc2nnc(Nc3ccc(C(F)(F)F)cc3)n21. The van der Waals surface area contributed by atoms with Crippen molar-refractivity contribution < 1.29 is 45.3 Å². The van der Waals surface area contributed by atoms with Gasteiger partial charge in [-0.15, -0.1) is 10.2 Å². The Morgan fingerprint density at radius 3 is 2.28 bits per heavy atom. The lowest BCUT2D eigenvalue weighted by atomic mass is 10.1. The van der Waals surface area contributed by atoms with Crippen molar-refractivity contribution >= 4 is 23.4 Å². The van der Waals surface area contributed by atoms with E-state index >= 15 is 0 Å². The number of anilines is 2. The number of halogens is 6. The highest BCUT2D eigenvalue weighted by Crippen LogP contribution is 2.36. The number of benzene rings is 1. The first kappa shape index (κ1) is 27.6. The van der Waals surface area contributed by atoms with Crippen LogP contribution in [0.3, 0.4) is 0 Å². The summed E-state index contributed by atoms with van der Waals surface area (Å²) in [5.41, 5.74) is -2.05. The summed E-state index contributed by atoms with van der Waals surface area (Å²) in [6.45, 7) is 4.63. The maximum absolute atomic E-state index is 13.7. The van der Waals surface area contributed by atoms with Crippen LogP contribution in [0.1, 0.15) is 38.1 Å². The summed E-state index contributed by atoms with van der Waals surface area (Å²) in [5.74, 6) is -0.0268. The highest BCUT2D eigenvalue weighted by atomic mass is 19.4. The molecule has 0 saturated carbocycles. The maximum Gasteiger partial charge on any atom is 0.513 e. The lowest BCUT2D eigenvalue weighted by Crippen LogP contribution is -2.47. The van der Waals surface area contributed by atoms with Crippen LogP contribution in [0, 0.1) is 0 Å². The normalized spacial score (nSPS) is 13.0. The third-order valence-electron chi connectivity index (χ3n) is 5.28. The first-order valence-electron chi connectivity index (χ1n) is 11.4. The molecule has 0 fully saturated rings. The Bertz CT molecular complexity index is 1480. The lowest BCUT2D eigenvalue weighted by Gasteiger charge is -2.14. The molecule has 0 radical (unpaired) electrons. The summed E-state index contributed by atoms with van der Waals surface area (Å²) >= 11 is 0. The van der Waals surface area contributed by atoms with E-state index in [4.69, 9.17) is 9.47 Å². The first-order chi connectivity index (χ1) is 18.2. The highest BCUT2D eigenvalue weighted by Gasteiger charge is 2.36. The summed E-state index contributed by atoms with van der Waals surface area (Å²) in [4.78, 5) is 16.1. The van der Waals surface area contributed by atoms with Crippen molar-refractivity contribution in [2.45, 2.75) is 45.5 Å². The van der Waals surface area contributed by atoms with Crippen LogP contribution in [0.25, 0.3) is 16.9 Å². The molecule has 15 heteroatoms. The van der Waals surface area contributed by atoms with Gasteiger partial charge < -0.3 is 14.8 Å². The van der Waals surface area contributed by atoms with Gasteiger partial charge in [0.2, 0.25) is 11.8 Å². The molecule has 1 unspecified atom stereocenters. The summed E-state index contributed by atoms with van der Waals surface area (Å²) in [5, 5.41) is 10.8. The average Bonchev–Trinajstić information content (AvgIpc) is 3.24. The van der Waals surface area contributed by atoms with Gasteiger partial charge in [-0.05, 0) is 50.2 Å². The number of fused-ring (bicyclic) bond motifs is 1. The maximum atomic E-state index is 13.7. The molecule has 4 aromatic rings. The van der Waals surface area contributed by atoms with E-state index in [2.05, 4.69) is 20.5 Å². The fourth-order valence-corrected chi connectivity index (χ4v) is 3.61. The van der Waals surface area contributed by atoms with Crippen molar-refractivity contribution in [3.63, 3.8) is 0 Å². The minimum absolute atomic E-state index is 0.0171. The third kappa shape index (κ3) is 6.18. The smallest absolute Gasteiger partial charge is 0.431 e. The second-order valence-corrected chi connectivity index (χ2v) is 8.53. The molecular formula is C24H21F6N6O3+. The van der Waals surface area contributed by atoms with Gasteiger partial charge in [0.25, 0.3) is 5.95 Å². The van der Waals surface area contributed by atoms with Crippen molar-refractivity contribution in [2.24, 2.45) is 0 Å². The van der Waals surface area contributed by atoms with Crippen LogP contribution in [-0.2, 0) is 21.8 Å². The van der Waals surface area contributed by atoms with Crippen LogP contribution in [0.4, 0.5) is 42.8 Å². The van der Waals surface area contributed by atoms with Gasteiger partial charge in [0.05, 0.1) is 28.5 Å². The van der Waals surface area contributed by atoms with E-state index in [9.17, 15) is 31.1 Å². The molecule has 0 aliphatic rings. The number of pyridine rings is 1. The van der Waals surface area contributed by atoms with E-state index in [-0.39, 0.29) is 22.8 Å². The van der Waals surface area contributed by atoms with Crippen LogP contribution in [0.5, 0.6) is 0 Å². The lowest BCUT2D eigenvalue weighted by molar-refractivity contribution is -0.811. The van der Waals surface area contributed by atoms with Crippen molar-refractivity contribution in [3.05, 3.63) is 66.0 Å². The Kier molecular flexibility index (Phi) is 7.35. The Labute approximate surface area is 217 Å². The zero-order valence-corrected chi connectivity index (χ0v) is 20.6. The summed E-state index contributed by atoms with van der Waals surface area (Å²) in [6.07, 6.45) is -9.51. The zero-order chi connectivity index (χ0) is 28.5. The predicted octanol–water partition coefficient (Wildman–Crippen LogP) is 5.94. The standard InChI is InChI=1S/C24H20F6N6O3/c1-13(2)38-22(37)39-14(3)35-12-15(20-18(24(28,29)30)5-4-10-31-20)11-19-33-34-21(36(19)35)32-17-8-6-16(7-9-17)23(25,26)27/h4-14H,1-3H3/p+1. The van der Waals surface area contributed by atoms with E-state index in [1.54, 1.807) is 13.8 Å². The van der Waals surface area contributed by atoms with Crippen LogP contribution in [0.2, 0.25) is 0 Å². The molecule has 206 valence electrons. The number of hydrogen-bond donors (Lipinski definition) is 1. The molecule has 3 aromatic heterocycles. The molecule has 0 aliphatic carbocycles. The zero-order valence-electron chi connectivity index (χ0n) is 20.6. The van der Waals surface area contributed by atoms with Crippen LogP contribution >= 0.6 is 0 Å². The Balaban J connectivity index is 1.82. The van der Waals surface area contributed by atoms with Crippen LogP contribution in [-0.4, -0.2) is 32.0 Å². The minimum Gasteiger partial charge on any atom is -0.431 e. The number of rotatable bonds is 6. The second kappa shape index (κ2) is 10.4. The van der Waals surface area contributed by atoms with Gasteiger partial charge in [-0.1, -0.05) is 9.20 Å². The number of hydrogen-bond acceptors (Lipinski definition) is 7. The number of nitrogens with one attached hydrogen (secondary N) is 1. The largest absolute Gasteiger partial charge is 0.513 e. The van der Waals surface area contributed by atoms with E-state index in [0.717, 1.165) is 24.3 Å². The molecule has 9 nitrogen and oxygen atoms in total. The minimum atomic E-state index is -4.72. The quantitative estimate of drug-likeness (QED) is 0.179. The average molecular weight is 555 g/mol. The van der Waals surface area contributed by atoms with Gasteiger partial charge in [0, 0.05) is 24.9 Å². The molecule has 1 atom stereocenters. The van der Waals surface area contributed by atoms with Gasteiger partial charge in [-0.25, -0.2) is 4.79 Å². The van der Waals surface area contributed by atoms with E-state index in [0.29, 0.717) is 0 Å². The third-order valence-corrected chi connectivity index (χ3v) is 5.28. The molecular weight excluding hydrogens is 534 g/mol. The fourth-order valence-electron chi connectivity index (χ4n) is 3.61. The van der Waals surface area contributed by atoms with E-state index in [1.807, 2.05) is 0 Å². The van der Waals surface area contributed by atoms with E-state index in [1.165, 1.54) is 46.7 Å². The Morgan fingerprint density at radius 2 is 1.67 bits per heavy atom. The fraction of sp³-hybridized carbons (Fsp3) is 0.292. The topological polar surface area (TPSA) is 94.5 Å². The number of aromatic nitrogens is 5. The summed E-state index contributed by atoms with van der Waals surface area (Å²) < 4.78 is 92.7. The van der Waals surface area contributed by atoms with Crippen molar-refractivity contribution in [1.29, 1.82) is 0 Å². The van der Waals surface area contributed by atoms with E-state index < -0.39 is 47.7 Å². The van der Waals surface area contributed by atoms with Crippen molar-refractivity contribution in [2.75, 3.05) is 5.32 Å². The number of ether oxygens (including phenoxy) is 2. The molecule has 3 heterocycles. The molecule has 39 heavy (non-hydrogen) atoms. The van der Waals surface area contributed by atoms with Crippen LogP contribution < -0.4 is 10.00 Å². The van der Waals surface area contributed by atoms with Gasteiger partial charge >= 0.3 is 24.7 Å². The number of carbonyl (C=O) groups is 1. The van der Waals surface area contributed by atoms with Crippen molar-refractivity contribution in [3.8, 4) is 11.3 Å². The van der Waals surface area contributed by atoms with Gasteiger partial charge in [-0.3, -0.25) is 4.98 Å². The first-order valence-corrected chi connectivity index (χ1v) is 11.4. The number of carbonyl (C=O) groups excluding carboxylic acids is 1. The molecule has 1 aromatic carbocycles. The Hall–Kier alpha value is -4.43. The molecule has 4 rings (SSSR count).